The molecule has 0 spiro atoms. The van der Waals surface area contributed by atoms with Crippen LogP contribution in [-0.4, -0.2) is 41.6 Å². The van der Waals surface area contributed by atoms with Crippen LogP contribution in [0.2, 0.25) is 0 Å². The summed E-state index contributed by atoms with van der Waals surface area (Å²) in [5.41, 5.74) is 0. The standard InChI is InChI=1S/C42H76N2O3/c1-3-5-7-9-11-13-15-17-19-21-23-25-27-29-31-35-39-44(41(45)37-33-34-38-43-42(46)47)40-36-32-30-28-26-24-22-20-18-16-14-12-10-8-6-4-2/h11-14,17-20,43H,3-10,15-16,21-40H2,1-2H3,(H,46,47)/b13-11-,14-12-,19-17-,20-18-. The molecule has 0 rings (SSSR count). The average molecular weight is 657 g/mol. The van der Waals surface area contributed by atoms with E-state index in [1.54, 1.807) is 0 Å². The Hall–Kier alpha value is -2.30. The van der Waals surface area contributed by atoms with E-state index in [-0.39, 0.29) is 5.91 Å². The van der Waals surface area contributed by atoms with Crippen LogP contribution in [0.3, 0.4) is 0 Å². The normalized spacial score (nSPS) is 12.0. The Morgan fingerprint density at radius 1 is 0.489 bits per heavy atom. The molecule has 0 unspecified atom stereocenters. The van der Waals surface area contributed by atoms with Crippen molar-refractivity contribution in [1.82, 2.24) is 10.2 Å². The van der Waals surface area contributed by atoms with Crippen LogP contribution in [0.4, 0.5) is 4.79 Å². The van der Waals surface area contributed by atoms with Gasteiger partial charge in [-0.05, 0) is 89.9 Å². The van der Waals surface area contributed by atoms with E-state index < -0.39 is 6.09 Å². The number of carbonyl (C=O) groups is 2. The van der Waals surface area contributed by atoms with Crippen LogP contribution in [0.1, 0.15) is 187 Å². The van der Waals surface area contributed by atoms with Gasteiger partial charge in [0.2, 0.25) is 5.91 Å². The van der Waals surface area contributed by atoms with Crippen LogP contribution in [0.15, 0.2) is 48.6 Å². The Balaban J connectivity index is 4.08. The van der Waals surface area contributed by atoms with Crippen LogP contribution < -0.4 is 5.32 Å². The molecule has 5 heteroatoms. The largest absolute Gasteiger partial charge is 0.465 e. The fourth-order valence-corrected chi connectivity index (χ4v) is 5.70. The minimum absolute atomic E-state index is 0.241. The molecule has 0 aliphatic heterocycles. The Morgan fingerprint density at radius 2 is 0.872 bits per heavy atom. The monoisotopic (exact) mass is 657 g/mol. The lowest BCUT2D eigenvalue weighted by Crippen LogP contribution is -2.33. The molecule has 0 heterocycles. The second kappa shape index (κ2) is 38.2. The molecule has 272 valence electrons. The van der Waals surface area contributed by atoms with E-state index in [1.807, 2.05) is 0 Å². The summed E-state index contributed by atoms with van der Waals surface area (Å²) in [5, 5.41) is 11.1. The van der Waals surface area contributed by atoms with Gasteiger partial charge in [-0.2, -0.15) is 0 Å². The number of nitrogens with zero attached hydrogens (tertiary/aromatic N) is 1. The lowest BCUT2D eigenvalue weighted by atomic mass is 10.1. The van der Waals surface area contributed by atoms with Crippen molar-refractivity contribution in [3.8, 4) is 0 Å². The van der Waals surface area contributed by atoms with E-state index in [9.17, 15) is 9.59 Å². The van der Waals surface area contributed by atoms with E-state index in [1.165, 1.54) is 128 Å². The quantitative estimate of drug-likeness (QED) is 0.0527. The summed E-state index contributed by atoms with van der Waals surface area (Å²) in [6.07, 6.45) is 49.1. The summed E-state index contributed by atoms with van der Waals surface area (Å²) < 4.78 is 0. The fraction of sp³-hybridized carbons (Fsp3) is 0.762. The minimum atomic E-state index is -0.993. The maximum atomic E-state index is 13.0. The third-order valence-electron chi connectivity index (χ3n) is 8.70. The van der Waals surface area contributed by atoms with Crippen LogP contribution in [0.5, 0.6) is 0 Å². The van der Waals surface area contributed by atoms with Gasteiger partial charge in [-0.1, -0.05) is 140 Å². The van der Waals surface area contributed by atoms with Crippen molar-refractivity contribution in [2.24, 2.45) is 0 Å². The number of rotatable bonds is 35. The van der Waals surface area contributed by atoms with Gasteiger partial charge in [-0.15, -0.1) is 0 Å². The van der Waals surface area contributed by atoms with Gasteiger partial charge in [0.25, 0.3) is 0 Å². The van der Waals surface area contributed by atoms with Gasteiger partial charge < -0.3 is 15.3 Å². The maximum Gasteiger partial charge on any atom is 0.404 e. The molecule has 0 aromatic carbocycles. The highest BCUT2D eigenvalue weighted by Crippen LogP contribution is 2.13. The van der Waals surface area contributed by atoms with Crippen LogP contribution in [0, 0.1) is 0 Å². The molecule has 47 heavy (non-hydrogen) atoms. The lowest BCUT2D eigenvalue weighted by molar-refractivity contribution is -0.131. The van der Waals surface area contributed by atoms with Crippen molar-refractivity contribution < 1.29 is 14.7 Å². The summed E-state index contributed by atoms with van der Waals surface area (Å²) >= 11 is 0. The first-order valence-corrected chi connectivity index (χ1v) is 20.0. The van der Waals surface area contributed by atoms with Gasteiger partial charge in [-0.3, -0.25) is 4.79 Å². The Kier molecular flexibility index (Phi) is 36.3. The molecule has 0 saturated carbocycles. The number of unbranched alkanes of at least 4 members (excludes halogenated alkanes) is 19. The molecule has 0 bridgehead atoms. The number of hydrogen-bond donors (Lipinski definition) is 2. The zero-order chi connectivity index (χ0) is 34.3. The zero-order valence-corrected chi connectivity index (χ0v) is 31.0. The van der Waals surface area contributed by atoms with E-state index in [4.69, 9.17) is 5.11 Å². The Morgan fingerprint density at radius 3 is 1.28 bits per heavy atom. The zero-order valence-electron chi connectivity index (χ0n) is 31.0. The molecule has 0 aromatic heterocycles. The molecule has 0 fully saturated rings. The van der Waals surface area contributed by atoms with Crippen LogP contribution in [-0.2, 0) is 4.79 Å². The van der Waals surface area contributed by atoms with Gasteiger partial charge in [0.15, 0.2) is 0 Å². The number of carbonyl (C=O) groups excluding carboxylic acids is 1. The van der Waals surface area contributed by atoms with Crippen molar-refractivity contribution in [3.05, 3.63) is 48.6 Å². The summed E-state index contributed by atoms with van der Waals surface area (Å²) in [6.45, 7) is 6.64. The van der Waals surface area contributed by atoms with E-state index in [2.05, 4.69) is 72.7 Å². The number of nitrogens with one attached hydrogen (secondary N) is 1. The fourth-order valence-electron chi connectivity index (χ4n) is 5.70. The van der Waals surface area contributed by atoms with Gasteiger partial charge in [0, 0.05) is 26.1 Å². The average Bonchev–Trinajstić information content (AvgIpc) is 3.06. The molecule has 2 N–H and O–H groups in total. The molecule has 0 aromatic rings. The molecular weight excluding hydrogens is 580 g/mol. The molecule has 2 amide bonds. The van der Waals surface area contributed by atoms with Gasteiger partial charge in [-0.25, -0.2) is 4.79 Å². The number of amides is 2. The summed E-state index contributed by atoms with van der Waals surface area (Å²) in [5.74, 6) is 0.241. The minimum Gasteiger partial charge on any atom is -0.465 e. The van der Waals surface area contributed by atoms with Crippen molar-refractivity contribution in [3.63, 3.8) is 0 Å². The van der Waals surface area contributed by atoms with Gasteiger partial charge in [0.05, 0.1) is 0 Å². The molecule has 0 radical (unpaired) electrons. The molecule has 0 aliphatic rings. The van der Waals surface area contributed by atoms with E-state index in [0.717, 1.165) is 45.2 Å². The maximum absolute atomic E-state index is 13.0. The highest BCUT2D eigenvalue weighted by atomic mass is 16.4. The second-order valence-electron chi connectivity index (χ2n) is 13.2. The SMILES string of the molecule is CCCCC/C=C\C/C=C\CCCCCCCCN(CCCCCCCC/C=C\C/C=C\CCCCC)C(=O)CCCCNC(=O)O. The highest BCUT2D eigenvalue weighted by Gasteiger charge is 2.12. The predicted molar refractivity (Wildman–Crippen MR) is 205 cm³/mol. The predicted octanol–water partition coefficient (Wildman–Crippen LogP) is 12.9. The Labute approximate surface area is 291 Å². The van der Waals surface area contributed by atoms with Crippen LogP contribution in [0.25, 0.3) is 0 Å². The summed E-state index contributed by atoms with van der Waals surface area (Å²) in [4.78, 5) is 25.7. The van der Waals surface area contributed by atoms with Crippen molar-refractivity contribution in [2.45, 2.75) is 187 Å². The lowest BCUT2D eigenvalue weighted by Gasteiger charge is -2.23. The first-order valence-electron chi connectivity index (χ1n) is 20.0. The highest BCUT2D eigenvalue weighted by molar-refractivity contribution is 5.76. The summed E-state index contributed by atoms with van der Waals surface area (Å²) in [6, 6.07) is 0. The summed E-state index contributed by atoms with van der Waals surface area (Å²) in [7, 11) is 0. The number of allylic oxidation sites excluding steroid dienone is 8. The van der Waals surface area contributed by atoms with Gasteiger partial charge in [0.1, 0.15) is 0 Å². The first kappa shape index (κ1) is 44.7. The molecule has 0 aliphatic carbocycles. The first-order chi connectivity index (χ1) is 23.1. The second-order valence-corrected chi connectivity index (χ2v) is 13.2. The molecular formula is C42H76N2O3. The van der Waals surface area contributed by atoms with Gasteiger partial charge >= 0.3 is 6.09 Å². The van der Waals surface area contributed by atoms with Crippen LogP contribution >= 0.6 is 0 Å². The smallest absolute Gasteiger partial charge is 0.404 e. The molecule has 5 nitrogen and oxygen atoms in total. The van der Waals surface area contributed by atoms with E-state index >= 15 is 0 Å². The molecule has 0 saturated heterocycles. The number of carboxylic acid groups (broad SMARTS) is 1. The Bertz CT molecular complexity index is 754. The van der Waals surface area contributed by atoms with Crippen molar-refractivity contribution >= 4 is 12.0 Å². The number of hydrogen-bond acceptors (Lipinski definition) is 2. The van der Waals surface area contributed by atoms with Crippen molar-refractivity contribution in [2.75, 3.05) is 19.6 Å². The topological polar surface area (TPSA) is 69.6 Å². The van der Waals surface area contributed by atoms with E-state index in [0.29, 0.717) is 19.4 Å². The van der Waals surface area contributed by atoms with Crippen molar-refractivity contribution in [1.29, 1.82) is 0 Å². The third-order valence-corrected chi connectivity index (χ3v) is 8.70. The third kappa shape index (κ3) is 36.4. The molecule has 0 atom stereocenters.